The third kappa shape index (κ3) is 8.87. The highest BCUT2D eigenvalue weighted by molar-refractivity contribution is 6.74. The van der Waals surface area contributed by atoms with Crippen LogP contribution in [-0.2, 0) is 13.6 Å². The maximum absolute atomic E-state index is 13.9. The molecule has 6 heteroatoms. The van der Waals surface area contributed by atoms with Gasteiger partial charge in [-0.25, -0.2) is 0 Å². The van der Waals surface area contributed by atoms with Crippen LogP contribution in [0.3, 0.4) is 0 Å². The van der Waals surface area contributed by atoms with Crippen LogP contribution >= 0.6 is 0 Å². The highest BCUT2D eigenvalue weighted by Gasteiger charge is 2.51. The van der Waals surface area contributed by atoms with Gasteiger partial charge < -0.3 is 14.0 Å². The second kappa shape index (κ2) is 13.5. The number of hydrogen-bond donors (Lipinski definition) is 1. The second-order valence-corrected chi connectivity index (χ2v) is 28.4. The lowest BCUT2D eigenvalue weighted by Gasteiger charge is -2.45. The largest absolute Gasteiger partial charge is 0.406 e. The fraction of sp³-hybridized carbons (Fsp3) is 0.868. The number of carbonyl (C=O) groups excluding carboxylic acids is 1. The molecule has 0 bridgehead atoms. The van der Waals surface area contributed by atoms with Gasteiger partial charge in [0.1, 0.15) is 12.2 Å². The van der Waals surface area contributed by atoms with Crippen molar-refractivity contribution in [2.45, 2.75) is 188 Å². The summed E-state index contributed by atoms with van der Waals surface area (Å²) in [7, 11) is -4.26. The Morgan fingerprint density at radius 1 is 0.909 bits per heavy atom. The minimum atomic E-state index is -2.13. The zero-order chi connectivity index (χ0) is 33.5. The van der Waals surface area contributed by atoms with Crippen molar-refractivity contribution in [3.8, 4) is 0 Å². The van der Waals surface area contributed by atoms with Crippen LogP contribution in [0.15, 0.2) is 23.3 Å². The van der Waals surface area contributed by atoms with Crippen molar-refractivity contribution in [2.75, 3.05) is 0 Å². The number of allylic oxidation sites excluding steroid dienone is 3. The molecule has 0 heterocycles. The third-order valence-corrected chi connectivity index (χ3v) is 21.7. The maximum atomic E-state index is 13.9. The van der Waals surface area contributed by atoms with E-state index in [0.717, 1.165) is 18.8 Å². The first-order valence-electron chi connectivity index (χ1n) is 17.9. The molecule has 3 rings (SSSR count). The second-order valence-electron chi connectivity index (χ2n) is 18.9. The summed E-state index contributed by atoms with van der Waals surface area (Å²) < 4.78 is 13.7. The minimum absolute atomic E-state index is 0.0450. The third-order valence-electron chi connectivity index (χ3n) is 12.7. The van der Waals surface area contributed by atoms with Crippen molar-refractivity contribution in [1.29, 1.82) is 0 Å². The smallest absolute Gasteiger partial charge is 0.193 e. The van der Waals surface area contributed by atoms with E-state index in [1.54, 1.807) is 5.57 Å². The Balaban J connectivity index is 1.85. The van der Waals surface area contributed by atoms with Gasteiger partial charge in [0, 0.05) is 12.8 Å². The number of fused-ring (bicyclic) bond motifs is 1. The molecule has 0 spiro atoms. The summed E-state index contributed by atoms with van der Waals surface area (Å²) >= 11 is 0. The van der Waals surface area contributed by atoms with Gasteiger partial charge in [-0.2, -0.15) is 0 Å². The number of ketones is 1. The van der Waals surface area contributed by atoms with Crippen molar-refractivity contribution in [3.05, 3.63) is 23.3 Å². The van der Waals surface area contributed by atoms with E-state index >= 15 is 0 Å². The fourth-order valence-corrected chi connectivity index (χ4v) is 10.4. The number of aliphatic hydroxyl groups is 1. The SMILES string of the molecule is C[C@@H](CCCC(C)(C)O)C1CCC2C(=CC=C3C[C@@H](O[Si](C)(C)C(C)(C)C)C(=O)[C@H](O[Si](C)(C)C(C)(C)C)C3)CCCC21C. The molecular weight excluding hydrogens is 577 g/mol. The van der Waals surface area contributed by atoms with E-state index in [1.807, 2.05) is 13.8 Å². The maximum Gasteiger partial charge on any atom is 0.193 e. The monoisotopic (exact) mass is 646 g/mol. The number of carbonyl (C=O) groups is 1. The van der Waals surface area contributed by atoms with Crippen LogP contribution in [0.2, 0.25) is 36.3 Å². The lowest BCUT2D eigenvalue weighted by molar-refractivity contribution is -0.135. The van der Waals surface area contributed by atoms with E-state index in [2.05, 4.69) is 93.7 Å². The molecule has 1 N–H and O–H groups in total. The van der Waals surface area contributed by atoms with E-state index in [1.165, 1.54) is 44.1 Å². The molecule has 3 saturated carbocycles. The minimum Gasteiger partial charge on any atom is -0.406 e. The van der Waals surface area contributed by atoms with Crippen molar-refractivity contribution in [3.63, 3.8) is 0 Å². The predicted molar refractivity (Wildman–Crippen MR) is 192 cm³/mol. The Bertz CT molecular complexity index is 1030. The summed E-state index contributed by atoms with van der Waals surface area (Å²) in [4.78, 5) is 13.9. The van der Waals surface area contributed by atoms with Gasteiger partial charge in [-0.3, -0.25) is 4.79 Å². The summed E-state index contributed by atoms with van der Waals surface area (Å²) in [5.41, 5.74) is 2.73. The Labute approximate surface area is 274 Å². The van der Waals surface area contributed by atoms with Gasteiger partial charge in [0.25, 0.3) is 0 Å². The van der Waals surface area contributed by atoms with Crippen molar-refractivity contribution in [1.82, 2.24) is 0 Å². The van der Waals surface area contributed by atoms with E-state index in [4.69, 9.17) is 8.85 Å². The molecule has 0 aromatic heterocycles. The average Bonchev–Trinajstić information content (AvgIpc) is 3.20. The van der Waals surface area contributed by atoms with E-state index in [9.17, 15) is 9.90 Å². The van der Waals surface area contributed by atoms with Crippen molar-refractivity contribution >= 4 is 22.4 Å². The molecule has 3 aliphatic carbocycles. The zero-order valence-corrected chi connectivity index (χ0v) is 33.3. The summed E-state index contributed by atoms with van der Waals surface area (Å²) in [5, 5.41) is 10.3. The van der Waals surface area contributed by atoms with Gasteiger partial charge in [-0.05, 0) is 112 Å². The molecule has 3 unspecified atom stereocenters. The van der Waals surface area contributed by atoms with Gasteiger partial charge in [-0.15, -0.1) is 0 Å². The molecule has 0 aromatic carbocycles. The predicted octanol–water partition coefficient (Wildman–Crippen LogP) is 10.8. The average molecular weight is 647 g/mol. The van der Waals surface area contributed by atoms with Gasteiger partial charge >= 0.3 is 0 Å². The molecule has 254 valence electrons. The van der Waals surface area contributed by atoms with Crippen molar-refractivity contribution in [2.24, 2.45) is 23.2 Å². The summed E-state index contributed by atoms with van der Waals surface area (Å²) in [6, 6.07) is 0. The molecule has 0 radical (unpaired) electrons. The lowest BCUT2D eigenvalue weighted by Crippen LogP contribution is -2.53. The standard InChI is InChI=1S/C38H70O4Si2/c1-27(17-15-23-37(8,9)40)30-21-22-31-29(18-16-24-38(30,31)10)20-19-28-25-32(41-43(11,12)35(2,3)4)34(39)33(26-28)42-44(13,14)36(5,6)7/h19-20,27,30-33,40H,15-18,21-26H2,1-14H3/t27-,30?,31?,32+,33+,38?/m0/s1. The molecule has 44 heavy (non-hydrogen) atoms. The molecule has 0 saturated heterocycles. The van der Waals surface area contributed by atoms with Crippen LogP contribution in [0.5, 0.6) is 0 Å². The first kappa shape index (κ1) is 37.9. The Kier molecular flexibility index (Phi) is 11.7. The normalized spacial score (nSPS) is 30.9. The van der Waals surface area contributed by atoms with Crippen LogP contribution in [0.4, 0.5) is 0 Å². The van der Waals surface area contributed by atoms with Gasteiger partial charge in [0.15, 0.2) is 22.4 Å². The van der Waals surface area contributed by atoms with Gasteiger partial charge in [-0.1, -0.05) is 91.5 Å². The summed E-state index contributed by atoms with van der Waals surface area (Å²) in [6.07, 6.45) is 15.0. The lowest BCUT2D eigenvalue weighted by atomic mass is 9.60. The first-order valence-corrected chi connectivity index (χ1v) is 23.7. The Morgan fingerprint density at radius 2 is 1.43 bits per heavy atom. The van der Waals surface area contributed by atoms with E-state index < -0.39 is 34.4 Å². The Morgan fingerprint density at radius 3 is 1.91 bits per heavy atom. The van der Waals surface area contributed by atoms with Gasteiger partial charge in [0.05, 0.1) is 5.60 Å². The summed E-state index contributed by atoms with van der Waals surface area (Å²) in [5.74, 6) is 2.25. The molecule has 0 aromatic rings. The van der Waals surface area contributed by atoms with E-state index in [0.29, 0.717) is 30.1 Å². The van der Waals surface area contributed by atoms with Crippen LogP contribution in [0.1, 0.15) is 133 Å². The molecule has 3 fully saturated rings. The highest BCUT2D eigenvalue weighted by atomic mass is 28.4. The number of hydrogen-bond acceptors (Lipinski definition) is 4. The van der Waals surface area contributed by atoms with Crippen LogP contribution in [0.25, 0.3) is 0 Å². The summed E-state index contributed by atoms with van der Waals surface area (Å²) in [6.45, 7) is 31.4. The van der Waals surface area contributed by atoms with Crippen LogP contribution in [0, 0.1) is 23.2 Å². The van der Waals surface area contributed by atoms with E-state index in [-0.39, 0.29) is 15.9 Å². The quantitative estimate of drug-likeness (QED) is 0.240. The first-order chi connectivity index (χ1) is 19.9. The zero-order valence-electron chi connectivity index (χ0n) is 31.3. The van der Waals surface area contributed by atoms with Crippen LogP contribution in [-0.4, -0.2) is 45.3 Å². The topological polar surface area (TPSA) is 55.8 Å². The van der Waals surface area contributed by atoms with Crippen molar-refractivity contribution < 1.29 is 18.8 Å². The fourth-order valence-electron chi connectivity index (χ4n) is 7.87. The molecule has 6 atom stereocenters. The molecule has 0 aliphatic heterocycles. The van der Waals surface area contributed by atoms with Crippen LogP contribution < -0.4 is 0 Å². The molecule has 3 aliphatic rings. The Hall–Kier alpha value is -0.536. The molecule has 4 nitrogen and oxygen atoms in total. The molecule has 0 amide bonds. The highest BCUT2D eigenvalue weighted by Crippen LogP contribution is 2.60. The van der Waals surface area contributed by atoms with Gasteiger partial charge in [0.2, 0.25) is 0 Å². The number of rotatable bonds is 10. The number of Topliss-reactive ketones (excluding diaryl/α,β-unsaturated/α-hetero) is 1. The molecular formula is C38H70O4Si2.